The molecule has 2 aromatic rings. The number of carbonyl (C=O) groups is 2. The van der Waals surface area contributed by atoms with Gasteiger partial charge in [0, 0.05) is 14.9 Å². The molecule has 0 aliphatic carbocycles. The molecule has 0 atom stereocenters. The number of thioether (sulfide) groups is 1. The molecule has 7 heteroatoms. The zero-order valence-electron chi connectivity index (χ0n) is 9.22. The minimum Gasteiger partial charge on any atom is -0.475 e. The number of aromatic carboxylic acids is 1. The van der Waals surface area contributed by atoms with Gasteiger partial charge in [0.25, 0.3) is 5.12 Å². The minimum atomic E-state index is -1.23. The summed E-state index contributed by atoms with van der Waals surface area (Å²) in [7, 11) is 0. The largest absolute Gasteiger partial charge is 0.475 e. The first-order valence-corrected chi connectivity index (χ1v) is 6.54. The topological polar surface area (TPSA) is 67.5 Å². The van der Waals surface area contributed by atoms with E-state index in [0.717, 1.165) is 11.8 Å². The van der Waals surface area contributed by atoms with Crippen molar-refractivity contribution in [3.63, 3.8) is 0 Å². The molecule has 0 saturated carbocycles. The Morgan fingerprint density at radius 3 is 2.16 bits per heavy atom. The van der Waals surface area contributed by atoms with Gasteiger partial charge in [-0.05, 0) is 42.1 Å². The number of hydrogen-bond donors (Lipinski definition) is 1. The highest BCUT2D eigenvalue weighted by atomic mass is 35.5. The maximum atomic E-state index is 11.9. The molecule has 0 aliphatic heterocycles. The maximum absolute atomic E-state index is 11.9. The van der Waals surface area contributed by atoms with Crippen LogP contribution in [0.1, 0.15) is 21.1 Å². The first-order chi connectivity index (χ1) is 8.95. The summed E-state index contributed by atoms with van der Waals surface area (Å²) in [4.78, 5) is 23.1. The fourth-order valence-corrected chi connectivity index (χ4v) is 2.76. The van der Waals surface area contributed by atoms with Gasteiger partial charge in [-0.3, -0.25) is 4.79 Å². The Bertz CT molecular complexity index is 631. The highest BCUT2D eigenvalue weighted by molar-refractivity contribution is 8.14. The van der Waals surface area contributed by atoms with Gasteiger partial charge in [0.2, 0.25) is 5.76 Å². The van der Waals surface area contributed by atoms with Crippen molar-refractivity contribution >= 4 is 46.0 Å². The Morgan fingerprint density at radius 2 is 1.63 bits per heavy atom. The summed E-state index contributed by atoms with van der Waals surface area (Å²) in [5, 5.41) is 9.09. The van der Waals surface area contributed by atoms with E-state index in [-0.39, 0.29) is 11.5 Å². The lowest BCUT2D eigenvalue weighted by Gasteiger charge is -2.00. The van der Waals surface area contributed by atoms with E-state index < -0.39 is 11.1 Å². The van der Waals surface area contributed by atoms with Gasteiger partial charge in [-0.2, -0.15) is 0 Å². The molecule has 0 aliphatic rings. The number of halogens is 2. The van der Waals surface area contributed by atoms with Crippen LogP contribution in [0.4, 0.5) is 0 Å². The molecule has 0 saturated heterocycles. The van der Waals surface area contributed by atoms with Crippen LogP contribution in [-0.4, -0.2) is 16.2 Å². The summed E-state index contributed by atoms with van der Waals surface area (Å²) >= 11 is 12.5. The van der Waals surface area contributed by atoms with Crippen molar-refractivity contribution in [2.45, 2.75) is 4.90 Å². The molecule has 0 amide bonds. The van der Waals surface area contributed by atoms with Gasteiger partial charge in [-0.15, -0.1) is 0 Å². The highest BCUT2D eigenvalue weighted by Gasteiger charge is 2.16. The van der Waals surface area contributed by atoms with Crippen LogP contribution in [0.5, 0.6) is 0 Å². The standard InChI is InChI=1S/C12H6Cl2O4S/c13-6-3-7(14)5-8(4-6)19-12(17)10-2-1-9(18-10)11(15)16/h1-5H,(H,15,16). The summed E-state index contributed by atoms with van der Waals surface area (Å²) in [6, 6.07) is 7.24. The molecular weight excluding hydrogens is 311 g/mol. The predicted octanol–water partition coefficient (Wildman–Crippen LogP) is 4.22. The van der Waals surface area contributed by atoms with E-state index >= 15 is 0 Å². The first-order valence-electron chi connectivity index (χ1n) is 4.97. The van der Waals surface area contributed by atoms with Crippen molar-refractivity contribution in [3.05, 3.63) is 51.9 Å². The van der Waals surface area contributed by atoms with Gasteiger partial charge in [0.1, 0.15) is 0 Å². The van der Waals surface area contributed by atoms with Gasteiger partial charge in [0.15, 0.2) is 5.76 Å². The van der Waals surface area contributed by atoms with Crippen LogP contribution in [0.25, 0.3) is 0 Å². The molecule has 19 heavy (non-hydrogen) atoms. The van der Waals surface area contributed by atoms with Crippen molar-refractivity contribution in [2.75, 3.05) is 0 Å². The first kappa shape index (κ1) is 14.0. The van der Waals surface area contributed by atoms with E-state index in [1.807, 2.05) is 0 Å². The van der Waals surface area contributed by atoms with Crippen LogP contribution >= 0.6 is 35.0 Å². The second-order valence-electron chi connectivity index (χ2n) is 3.46. The molecule has 4 nitrogen and oxygen atoms in total. The summed E-state index contributed by atoms with van der Waals surface area (Å²) in [5.74, 6) is -1.55. The summed E-state index contributed by atoms with van der Waals surface area (Å²) in [6.45, 7) is 0. The summed E-state index contributed by atoms with van der Waals surface area (Å²) in [5.41, 5.74) is 0. The van der Waals surface area contributed by atoms with E-state index in [9.17, 15) is 9.59 Å². The van der Waals surface area contributed by atoms with Crippen molar-refractivity contribution in [1.82, 2.24) is 0 Å². The number of rotatable bonds is 3. The SMILES string of the molecule is O=C(O)c1ccc(C(=O)Sc2cc(Cl)cc(Cl)c2)o1. The van der Waals surface area contributed by atoms with E-state index in [1.54, 1.807) is 18.2 Å². The Hall–Kier alpha value is -1.43. The van der Waals surface area contributed by atoms with Crippen LogP contribution < -0.4 is 0 Å². The Morgan fingerprint density at radius 1 is 1.05 bits per heavy atom. The summed E-state index contributed by atoms with van der Waals surface area (Å²) in [6.07, 6.45) is 0. The maximum Gasteiger partial charge on any atom is 0.371 e. The van der Waals surface area contributed by atoms with Crippen molar-refractivity contribution in [2.24, 2.45) is 0 Å². The van der Waals surface area contributed by atoms with Gasteiger partial charge >= 0.3 is 5.97 Å². The zero-order valence-corrected chi connectivity index (χ0v) is 11.6. The molecule has 1 aromatic heterocycles. The summed E-state index contributed by atoms with van der Waals surface area (Å²) < 4.78 is 4.90. The minimum absolute atomic E-state index is 0.0431. The monoisotopic (exact) mass is 316 g/mol. The predicted molar refractivity (Wildman–Crippen MR) is 72.3 cm³/mol. The molecule has 0 spiro atoms. The lowest BCUT2D eigenvalue weighted by Crippen LogP contribution is -1.94. The van der Waals surface area contributed by atoms with E-state index in [4.69, 9.17) is 32.7 Å². The third-order valence-electron chi connectivity index (χ3n) is 2.06. The second kappa shape index (κ2) is 5.69. The molecular formula is C12H6Cl2O4S. The Balaban J connectivity index is 2.18. The molecule has 1 N–H and O–H groups in total. The van der Waals surface area contributed by atoms with Gasteiger partial charge in [-0.25, -0.2) is 4.79 Å². The Kier molecular flexibility index (Phi) is 4.19. The van der Waals surface area contributed by atoms with Crippen LogP contribution in [0, 0.1) is 0 Å². The van der Waals surface area contributed by atoms with E-state index in [1.165, 1.54) is 12.1 Å². The van der Waals surface area contributed by atoms with Crippen molar-refractivity contribution in [1.29, 1.82) is 0 Å². The molecule has 2 rings (SSSR count). The molecule has 1 heterocycles. The van der Waals surface area contributed by atoms with Crippen LogP contribution in [-0.2, 0) is 0 Å². The fourth-order valence-electron chi connectivity index (χ4n) is 1.31. The lowest BCUT2D eigenvalue weighted by atomic mass is 10.4. The number of carboxylic acid groups (broad SMARTS) is 1. The van der Waals surface area contributed by atoms with E-state index in [2.05, 4.69) is 0 Å². The quantitative estimate of drug-likeness (QED) is 0.859. The number of furan rings is 1. The van der Waals surface area contributed by atoms with Crippen molar-refractivity contribution in [3.8, 4) is 0 Å². The second-order valence-corrected chi connectivity index (χ2v) is 5.38. The highest BCUT2D eigenvalue weighted by Crippen LogP contribution is 2.29. The average Bonchev–Trinajstić information content (AvgIpc) is 2.76. The molecule has 0 radical (unpaired) electrons. The average molecular weight is 317 g/mol. The lowest BCUT2D eigenvalue weighted by molar-refractivity contribution is 0.0661. The van der Waals surface area contributed by atoms with Crippen LogP contribution in [0.15, 0.2) is 39.6 Å². The van der Waals surface area contributed by atoms with Crippen LogP contribution in [0.2, 0.25) is 10.0 Å². The molecule has 0 fully saturated rings. The third-order valence-corrected chi connectivity index (χ3v) is 3.36. The zero-order chi connectivity index (χ0) is 14.0. The smallest absolute Gasteiger partial charge is 0.371 e. The number of carbonyl (C=O) groups excluding carboxylic acids is 1. The van der Waals surface area contributed by atoms with Crippen molar-refractivity contribution < 1.29 is 19.1 Å². The normalized spacial score (nSPS) is 10.4. The Labute approximate surface area is 122 Å². The van der Waals surface area contributed by atoms with Crippen LogP contribution in [0.3, 0.4) is 0 Å². The molecule has 98 valence electrons. The van der Waals surface area contributed by atoms with Gasteiger partial charge in [-0.1, -0.05) is 23.2 Å². The number of carboxylic acids is 1. The number of hydrogen-bond acceptors (Lipinski definition) is 4. The van der Waals surface area contributed by atoms with Gasteiger partial charge < -0.3 is 9.52 Å². The van der Waals surface area contributed by atoms with Gasteiger partial charge in [0.05, 0.1) is 0 Å². The molecule has 1 aromatic carbocycles. The number of benzene rings is 1. The molecule has 0 bridgehead atoms. The third kappa shape index (κ3) is 3.53. The van der Waals surface area contributed by atoms with E-state index in [0.29, 0.717) is 14.9 Å². The molecule has 0 unspecified atom stereocenters. The fraction of sp³-hybridized carbons (Fsp3) is 0.